The minimum absolute atomic E-state index is 0.0505. The van der Waals surface area contributed by atoms with Crippen molar-refractivity contribution in [2.24, 2.45) is 5.73 Å². The van der Waals surface area contributed by atoms with E-state index >= 15 is 0 Å². The van der Waals surface area contributed by atoms with E-state index in [1.54, 1.807) is 0 Å². The quantitative estimate of drug-likeness (QED) is 0.512. The summed E-state index contributed by atoms with van der Waals surface area (Å²) in [6.07, 6.45) is -5.62. The second-order valence-corrected chi connectivity index (χ2v) is 4.78. The van der Waals surface area contributed by atoms with Crippen LogP contribution < -0.4 is 21.1 Å². The maximum Gasteiger partial charge on any atom is 0.416 e. The third kappa shape index (κ3) is 7.29. The fourth-order valence-corrected chi connectivity index (χ4v) is 1.56. The second kappa shape index (κ2) is 9.08. The Morgan fingerprint density at radius 1 is 1.25 bits per heavy atom. The maximum atomic E-state index is 12.5. The van der Waals surface area contributed by atoms with Gasteiger partial charge in [-0.15, -0.1) is 0 Å². The van der Waals surface area contributed by atoms with E-state index in [1.807, 2.05) is 0 Å². The van der Waals surface area contributed by atoms with Crippen LogP contribution in [0.2, 0.25) is 0 Å². The predicted octanol–water partition coefficient (Wildman–Crippen LogP) is -0.364. The van der Waals surface area contributed by atoms with Gasteiger partial charge in [0.2, 0.25) is 11.8 Å². The number of benzene rings is 1. The van der Waals surface area contributed by atoms with Crippen LogP contribution in [0.1, 0.15) is 5.56 Å². The van der Waals surface area contributed by atoms with Crippen molar-refractivity contribution in [3.8, 4) is 5.75 Å². The maximum absolute atomic E-state index is 12.5. The number of halogens is 3. The predicted molar refractivity (Wildman–Crippen MR) is 78.0 cm³/mol. The fourth-order valence-electron chi connectivity index (χ4n) is 1.56. The standard InChI is InChI=1S/C14H18F3N3O4/c15-14(16,17)9-2-1-3-11(4-9)24-8-10(21)6-19-13(23)7-20-12(22)5-18/h1-4,10,21H,5-8,18H2,(H,19,23)(H,20,22). The molecule has 1 unspecified atom stereocenters. The van der Waals surface area contributed by atoms with Gasteiger partial charge in [0.1, 0.15) is 18.5 Å². The molecule has 0 bridgehead atoms. The van der Waals surface area contributed by atoms with Crippen LogP contribution in [0.4, 0.5) is 13.2 Å². The van der Waals surface area contributed by atoms with Gasteiger partial charge in [0.25, 0.3) is 0 Å². The normalized spacial score (nSPS) is 12.4. The number of hydrogen-bond donors (Lipinski definition) is 4. The Kier molecular flexibility index (Phi) is 7.46. The molecule has 1 atom stereocenters. The number of carbonyl (C=O) groups is 2. The SMILES string of the molecule is NCC(=O)NCC(=O)NCC(O)COc1cccc(C(F)(F)F)c1. The van der Waals surface area contributed by atoms with E-state index in [9.17, 15) is 27.9 Å². The van der Waals surface area contributed by atoms with Crippen LogP contribution in [0.5, 0.6) is 5.75 Å². The molecule has 7 nitrogen and oxygen atoms in total. The van der Waals surface area contributed by atoms with Crippen molar-refractivity contribution in [2.75, 3.05) is 26.2 Å². The zero-order chi connectivity index (χ0) is 18.2. The summed E-state index contributed by atoms with van der Waals surface area (Å²) in [5.41, 5.74) is 4.18. The molecule has 24 heavy (non-hydrogen) atoms. The van der Waals surface area contributed by atoms with Gasteiger partial charge < -0.3 is 26.2 Å². The Morgan fingerprint density at radius 3 is 2.58 bits per heavy atom. The Morgan fingerprint density at radius 2 is 1.96 bits per heavy atom. The van der Waals surface area contributed by atoms with Crippen molar-refractivity contribution >= 4 is 11.8 Å². The van der Waals surface area contributed by atoms with E-state index in [2.05, 4.69) is 10.6 Å². The van der Waals surface area contributed by atoms with E-state index < -0.39 is 29.7 Å². The molecule has 1 rings (SSSR count). The summed E-state index contributed by atoms with van der Waals surface area (Å²) < 4.78 is 42.7. The van der Waals surface area contributed by atoms with E-state index in [1.165, 1.54) is 12.1 Å². The summed E-state index contributed by atoms with van der Waals surface area (Å²) >= 11 is 0. The van der Waals surface area contributed by atoms with Gasteiger partial charge in [-0.2, -0.15) is 13.2 Å². The lowest BCUT2D eigenvalue weighted by Gasteiger charge is -2.14. The number of amides is 2. The third-order valence-corrected chi connectivity index (χ3v) is 2.77. The van der Waals surface area contributed by atoms with E-state index in [0.717, 1.165) is 12.1 Å². The Hall–Kier alpha value is -2.33. The topological polar surface area (TPSA) is 114 Å². The minimum atomic E-state index is -4.49. The summed E-state index contributed by atoms with van der Waals surface area (Å²) in [7, 11) is 0. The second-order valence-electron chi connectivity index (χ2n) is 4.78. The van der Waals surface area contributed by atoms with Crippen molar-refractivity contribution in [1.29, 1.82) is 0 Å². The molecule has 5 N–H and O–H groups in total. The summed E-state index contributed by atoms with van der Waals surface area (Å²) in [6.45, 7) is -1.04. The zero-order valence-electron chi connectivity index (χ0n) is 12.6. The molecular formula is C14H18F3N3O4. The molecule has 0 saturated heterocycles. The van der Waals surface area contributed by atoms with Crippen molar-refractivity contribution in [3.63, 3.8) is 0 Å². The highest BCUT2D eigenvalue weighted by Crippen LogP contribution is 2.31. The monoisotopic (exact) mass is 349 g/mol. The van der Waals surface area contributed by atoms with Crippen molar-refractivity contribution in [3.05, 3.63) is 29.8 Å². The molecule has 10 heteroatoms. The first kappa shape index (κ1) is 19.7. The van der Waals surface area contributed by atoms with Crippen molar-refractivity contribution in [1.82, 2.24) is 10.6 Å². The fraction of sp³-hybridized carbons (Fsp3) is 0.429. The van der Waals surface area contributed by atoms with E-state index in [0.29, 0.717) is 0 Å². The molecular weight excluding hydrogens is 331 g/mol. The average Bonchev–Trinajstić information content (AvgIpc) is 2.55. The van der Waals surface area contributed by atoms with Crippen LogP contribution in [0, 0.1) is 0 Å². The summed E-state index contributed by atoms with van der Waals surface area (Å²) in [5, 5.41) is 14.2. The lowest BCUT2D eigenvalue weighted by atomic mass is 10.2. The molecule has 0 aromatic heterocycles. The van der Waals surface area contributed by atoms with Crippen molar-refractivity contribution in [2.45, 2.75) is 12.3 Å². The van der Waals surface area contributed by atoms with Gasteiger partial charge in [0, 0.05) is 6.54 Å². The Balaban J connectivity index is 2.35. The lowest BCUT2D eigenvalue weighted by Crippen LogP contribution is -2.42. The van der Waals surface area contributed by atoms with Crippen molar-refractivity contribution < 1.29 is 32.6 Å². The van der Waals surface area contributed by atoms with Gasteiger partial charge in [-0.1, -0.05) is 6.07 Å². The number of hydrogen-bond acceptors (Lipinski definition) is 5. The molecule has 0 aliphatic rings. The summed E-state index contributed by atoms with van der Waals surface area (Å²) in [6, 6.07) is 4.22. The summed E-state index contributed by atoms with van der Waals surface area (Å²) in [5.74, 6) is -1.10. The molecule has 0 heterocycles. The molecule has 2 amide bonds. The van der Waals surface area contributed by atoms with Gasteiger partial charge in [-0.3, -0.25) is 9.59 Å². The number of rotatable bonds is 8. The zero-order valence-corrected chi connectivity index (χ0v) is 12.6. The van der Waals surface area contributed by atoms with Crippen LogP contribution in [0.15, 0.2) is 24.3 Å². The van der Waals surface area contributed by atoms with Crippen LogP contribution in [-0.2, 0) is 15.8 Å². The van der Waals surface area contributed by atoms with Crippen LogP contribution in [0.25, 0.3) is 0 Å². The summed E-state index contributed by atoms with van der Waals surface area (Å²) in [4.78, 5) is 22.2. The first-order valence-corrected chi connectivity index (χ1v) is 6.94. The molecule has 1 aromatic carbocycles. The van der Waals surface area contributed by atoms with E-state index in [4.69, 9.17) is 10.5 Å². The molecule has 0 spiro atoms. The van der Waals surface area contributed by atoms with Gasteiger partial charge in [0.05, 0.1) is 18.7 Å². The first-order chi connectivity index (χ1) is 11.2. The number of nitrogens with two attached hydrogens (primary N) is 1. The minimum Gasteiger partial charge on any atom is -0.491 e. The Bertz CT molecular complexity index is 566. The molecule has 0 aliphatic carbocycles. The van der Waals surface area contributed by atoms with E-state index in [-0.39, 0.29) is 32.0 Å². The van der Waals surface area contributed by atoms with Crippen LogP contribution >= 0.6 is 0 Å². The number of nitrogens with one attached hydrogen (secondary N) is 2. The molecule has 134 valence electrons. The number of aliphatic hydroxyl groups is 1. The number of carbonyl (C=O) groups excluding carboxylic acids is 2. The van der Waals surface area contributed by atoms with Gasteiger partial charge in [-0.25, -0.2) is 0 Å². The van der Waals surface area contributed by atoms with Crippen LogP contribution in [0.3, 0.4) is 0 Å². The molecule has 0 saturated carbocycles. The molecule has 0 radical (unpaired) electrons. The first-order valence-electron chi connectivity index (χ1n) is 6.94. The number of alkyl halides is 3. The molecule has 1 aromatic rings. The number of ether oxygens (including phenoxy) is 1. The molecule has 0 aliphatic heterocycles. The van der Waals surface area contributed by atoms with Gasteiger partial charge >= 0.3 is 6.18 Å². The average molecular weight is 349 g/mol. The van der Waals surface area contributed by atoms with Gasteiger partial charge in [-0.05, 0) is 18.2 Å². The largest absolute Gasteiger partial charge is 0.491 e. The lowest BCUT2D eigenvalue weighted by molar-refractivity contribution is -0.137. The highest BCUT2D eigenvalue weighted by molar-refractivity contribution is 5.85. The Labute approximate surface area is 136 Å². The highest BCUT2D eigenvalue weighted by atomic mass is 19.4. The van der Waals surface area contributed by atoms with Gasteiger partial charge in [0.15, 0.2) is 0 Å². The molecule has 0 fully saturated rings. The highest BCUT2D eigenvalue weighted by Gasteiger charge is 2.30. The number of aliphatic hydroxyl groups excluding tert-OH is 1. The smallest absolute Gasteiger partial charge is 0.416 e. The third-order valence-electron chi connectivity index (χ3n) is 2.77. The van der Waals surface area contributed by atoms with Crippen LogP contribution in [-0.4, -0.2) is 49.3 Å².